The van der Waals surface area contributed by atoms with Gasteiger partial charge in [0, 0.05) is 63.8 Å². The third kappa shape index (κ3) is 14.8. The average Bonchev–Trinajstić information content (AvgIpc) is 1.57. The molecule has 7 aliphatic heterocycles. The Morgan fingerprint density at radius 3 is 1.57 bits per heavy atom. The number of nitrogens with two attached hydrogens (primary N) is 3. The molecule has 15 N–H and O–H groups in total. The number of aromatic amines is 3. The largest absolute Gasteiger partial charge is 0.472 e. The number of aryl methyl sites for hydroxylation is 1. The van der Waals surface area contributed by atoms with Crippen LogP contribution in [0.5, 0.6) is 0 Å². The number of nitrogen functional groups attached to an aromatic ring is 3. The third-order valence-electron chi connectivity index (χ3n) is 18.1. The molecule has 7 fully saturated rings. The Labute approximate surface area is 588 Å². The number of nitrogens with one attached hydrogen (secondary N) is 3. The van der Waals surface area contributed by atoms with Crippen LogP contribution in [0, 0.1) is 6.92 Å². The second-order valence-electron chi connectivity index (χ2n) is 24.7. The topological polar surface area (TPSA) is 677 Å². The molecule has 580 valence electrons. The number of fused-ring (bicyclic) bond motifs is 5. The number of methoxy groups -OCH3 is 3. The Morgan fingerprint density at radius 2 is 1.04 bits per heavy atom. The van der Waals surface area contributed by atoms with Crippen molar-refractivity contribution in [3.63, 3.8) is 0 Å². The number of aliphatic hydroxyl groups excluding tert-OH is 2. The smallest absolute Gasteiger partial charge is 0.394 e. The van der Waals surface area contributed by atoms with Crippen LogP contribution in [-0.2, 0) is 102 Å². The zero-order valence-corrected chi connectivity index (χ0v) is 58.6. The number of aliphatic hydroxyl groups is 2. The quantitative estimate of drug-likeness (QED) is 0.0195. The van der Waals surface area contributed by atoms with Crippen LogP contribution in [0.1, 0.15) is 36.7 Å². The Balaban J connectivity index is 0.750. The molecule has 0 aliphatic carbocycles. The molecule has 106 heavy (non-hydrogen) atoms. The van der Waals surface area contributed by atoms with Crippen molar-refractivity contribution in [2.24, 2.45) is 0 Å². The molecular weight excluding hydrogens is 1520 g/mol. The minimum Gasteiger partial charge on any atom is -0.394 e. The molecule has 4 bridgehead atoms. The standard InChI is InChI=1S/C52H67N15O35P4/c1-20-11-66(50(76)60-38(20)54)44-34-36(51(97-44,15-88-34)17-92-105(81,82)99-29-21(12-68)94-42(32(29)86-3)65-10-7-26(70)59-49(65)75)101-104(79,80)91-14-23-30(33(87-4)43(96-23)63-8-5-24(53)57-47(63)73)100-106(83,84)93-18-52-16-89-35(45(98-52)67-19-56-27-39(67)61-46(55)62-40(27)72)37(52)102-103(77,78)90-13-22-28(71)31(85-2)41(95-22)64-9-6-25(69)58-48(64)74/h5-11,19,21-23,28-37,41-45,68,71H,12-18H2,1-4H3,(H,77,78)(H,79,80)(H,81,82)(H,83,84)(H2,53,57,73)(H2,54,60,76)(H,58,69,74)(H,59,70,75)(H3,55,61,62,72)/t21-,22-,23-,28-,29-,30-,31-,32-,33-,34-,35-,36+,37+,41-,42-,43-,44-,45-,51-,52-/m1/s1. The van der Waals surface area contributed by atoms with E-state index in [0.717, 1.165) is 87.3 Å². The molecule has 0 saturated carbocycles. The van der Waals surface area contributed by atoms with Crippen LogP contribution in [0.15, 0.2) is 82.9 Å². The molecule has 0 radical (unpaired) electrons. The van der Waals surface area contributed by atoms with E-state index in [9.17, 15) is 81.6 Å². The highest BCUT2D eigenvalue weighted by atomic mass is 31.2. The predicted molar refractivity (Wildman–Crippen MR) is 341 cm³/mol. The normalized spacial score (nSPS) is 34.2. The van der Waals surface area contributed by atoms with E-state index in [0.29, 0.717) is 0 Å². The van der Waals surface area contributed by atoms with E-state index in [2.05, 4.69) is 24.9 Å². The number of phosphoric acid groups is 4. The molecule has 6 aromatic rings. The summed E-state index contributed by atoms with van der Waals surface area (Å²) in [6.07, 6.45) is -24.6. The number of ether oxygens (including phenoxy) is 10. The van der Waals surface area contributed by atoms with Crippen LogP contribution in [0.3, 0.4) is 0 Å². The average molecular weight is 1590 g/mol. The van der Waals surface area contributed by atoms with E-state index in [4.69, 9.17) is 101 Å². The van der Waals surface area contributed by atoms with Crippen LogP contribution in [0.4, 0.5) is 17.6 Å². The number of anilines is 3. The highest BCUT2D eigenvalue weighted by Crippen LogP contribution is 2.60. The summed E-state index contributed by atoms with van der Waals surface area (Å²) in [5, 5.41) is 21.5. The van der Waals surface area contributed by atoms with E-state index in [1.54, 1.807) is 0 Å². The Hall–Kier alpha value is -7.17. The van der Waals surface area contributed by atoms with E-state index >= 15 is 0 Å². The second kappa shape index (κ2) is 29.3. The molecule has 50 nitrogen and oxygen atoms in total. The molecule has 6 aromatic heterocycles. The number of imidazole rings is 1. The first-order valence-electron chi connectivity index (χ1n) is 31.2. The van der Waals surface area contributed by atoms with Crippen LogP contribution < -0.4 is 56.6 Å². The predicted octanol–water partition coefficient (Wildman–Crippen LogP) is -5.78. The maximum Gasteiger partial charge on any atom is 0.472 e. The Bertz CT molecular complexity index is 4980. The summed E-state index contributed by atoms with van der Waals surface area (Å²) >= 11 is 0. The highest BCUT2D eigenvalue weighted by molar-refractivity contribution is 7.48. The molecular formula is C52H67N15O35P4. The van der Waals surface area contributed by atoms with Crippen molar-refractivity contribution in [1.29, 1.82) is 0 Å². The lowest BCUT2D eigenvalue weighted by Crippen LogP contribution is -2.46. The molecule has 7 saturated heterocycles. The van der Waals surface area contributed by atoms with Crippen molar-refractivity contribution in [3.05, 3.63) is 128 Å². The van der Waals surface area contributed by atoms with Crippen LogP contribution >= 0.6 is 31.3 Å². The number of hydrogen-bond donors (Lipinski definition) is 12. The fourth-order valence-corrected chi connectivity index (χ4v) is 17.2. The Morgan fingerprint density at radius 1 is 0.566 bits per heavy atom. The van der Waals surface area contributed by atoms with Gasteiger partial charge in [0.05, 0.1) is 52.6 Å². The molecule has 0 aromatic carbocycles. The number of nitrogens with zero attached hydrogens (tertiary/aromatic N) is 9. The third-order valence-corrected chi connectivity index (χ3v) is 22.0. The minimum atomic E-state index is -5.81. The van der Waals surface area contributed by atoms with Gasteiger partial charge >= 0.3 is 54.0 Å². The molecule has 7 aliphatic rings. The number of phosphoric ester groups is 4. The van der Waals surface area contributed by atoms with Crippen molar-refractivity contribution in [1.82, 2.24) is 57.7 Å². The lowest BCUT2D eigenvalue weighted by Gasteiger charge is -2.33. The first kappa shape index (κ1) is 77.0. The van der Waals surface area contributed by atoms with Gasteiger partial charge in [0.2, 0.25) is 5.95 Å². The van der Waals surface area contributed by atoms with E-state index in [-0.39, 0.29) is 28.4 Å². The molecule has 0 spiro atoms. The Kier molecular flexibility index (Phi) is 21.3. The summed E-state index contributed by atoms with van der Waals surface area (Å²) < 4.78 is 166. The minimum absolute atomic E-state index is 0.207. The van der Waals surface area contributed by atoms with Crippen molar-refractivity contribution >= 4 is 60.0 Å². The van der Waals surface area contributed by atoms with E-state index in [1.165, 1.54) is 13.1 Å². The van der Waals surface area contributed by atoms with Gasteiger partial charge in [0.25, 0.3) is 16.7 Å². The summed E-state index contributed by atoms with van der Waals surface area (Å²) in [5.74, 6) is -0.887. The zero-order valence-electron chi connectivity index (χ0n) is 55.0. The van der Waals surface area contributed by atoms with Gasteiger partial charge in [0.15, 0.2) is 42.3 Å². The zero-order chi connectivity index (χ0) is 76.1. The van der Waals surface area contributed by atoms with Crippen LogP contribution in [0.25, 0.3) is 11.2 Å². The van der Waals surface area contributed by atoms with Crippen LogP contribution in [-0.4, -0.2) is 246 Å². The number of H-pyrrole nitrogens is 3. The van der Waals surface area contributed by atoms with Crippen molar-refractivity contribution in [3.8, 4) is 0 Å². The number of hydrogen-bond acceptors (Lipinski definition) is 38. The number of rotatable bonds is 29. The van der Waals surface area contributed by atoms with Crippen molar-refractivity contribution in [2.45, 2.75) is 129 Å². The molecule has 0 amide bonds. The monoisotopic (exact) mass is 1590 g/mol. The molecule has 54 heteroatoms. The summed E-state index contributed by atoms with van der Waals surface area (Å²) in [6, 6.07) is 3.09. The van der Waals surface area contributed by atoms with Crippen molar-refractivity contribution in [2.75, 3.05) is 84.8 Å². The summed E-state index contributed by atoms with van der Waals surface area (Å²) in [7, 11) is -19.3. The first-order valence-corrected chi connectivity index (χ1v) is 37.2. The first-order chi connectivity index (χ1) is 50.1. The highest BCUT2D eigenvalue weighted by Gasteiger charge is 2.68. The fourth-order valence-electron chi connectivity index (χ4n) is 13.2. The lowest BCUT2D eigenvalue weighted by molar-refractivity contribution is -0.186. The lowest BCUT2D eigenvalue weighted by atomic mass is 10.0. The summed E-state index contributed by atoms with van der Waals surface area (Å²) in [4.78, 5) is 157. The molecule has 24 atom stereocenters. The van der Waals surface area contributed by atoms with E-state index < -0.39 is 245 Å². The van der Waals surface area contributed by atoms with Gasteiger partial charge in [-0.2, -0.15) is 15.0 Å². The van der Waals surface area contributed by atoms with E-state index in [1.807, 2.05) is 9.97 Å². The summed E-state index contributed by atoms with van der Waals surface area (Å²) in [6.45, 7) is -5.43. The van der Waals surface area contributed by atoms with Gasteiger partial charge in [-0.3, -0.25) is 88.4 Å². The number of aromatic nitrogens is 12. The van der Waals surface area contributed by atoms with Crippen LogP contribution in [0.2, 0.25) is 0 Å². The van der Waals surface area contributed by atoms with Gasteiger partial charge in [-0.25, -0.2) is 42.4 Å². The SMILES string of the molecule is CO[C@@H]1[C@H](O)[C@@H](COP(=O)(O)O[C@H]2[C@H]3OC[C@]2(COP(=O)(O)O[C@H]2[C@@H](OC)[C@H](n4ccc(N)nc4=O)O[C@@H]2COP(=O)(O)O[C@H]2[C@H]4OC[C@]2(COP(=O)(O)O[C@H]2[C@@H](OC)[C@H](n5ccc(=O)[nH]c5=O)O[C@@H]2CO)O[C@H]4n2cc(C)c(N)nc2=O)O[C@H]3n2cnc3c(=O)[nH]c(N)nc32)O[C@H]1n1ccc(=O)[nH]c1=O. The second-order valence-corrected chi connectivity index (χ2v) is 30.3. The van der Waals surface area contributed by atoms with Gasteiger partial charge in [0.1, 0.15) is 102 Å². The summed E-state index contributed by atoms with van der Waals surface area (Å²) in [5.41, 5.74) is 6.14. The van der Waals surface area contributed by atoms with Gasteiger partial charge in [-0.15, -0.1) is 0 Å². The van der Waals surface area contributed by atoms with Gasteiger partial charge < -0.3 is 94.4 Å². The molecule has 4 unspecified atom stereocenters. The van der Waals surface area contributed by atoms with Gasteiger partial charge in [-0.05, 0) is 13.0 Å². The molecule has 13 rings (SSSR count). The van der Waals surface area contributed by atoms with Crippen molar-refractivity contribution < 1.29 is 132 Å². The molecule has 13 heterocycles. The maximum absolute atomic E-state index is 14.7. The van der Waals surface area contributed by atoms with Gasteiger partial charge in [-0.1, -0.05) is 0 Å². The maximum atomic E-state index is 14.7. The fraction of sp³-hybridized carbons (Fsp3) is 0.596.